The molecule has 0 amide bonds. The maximum atomic E-state index is 2.40. The zero-order valence-electron chi connectivity index (χ0n) is 20.7. The van der Waals surface area contributed by atoms with Gasteiger partial charge in [0.1, 0.15) is 0 Å². The number of benzene rings is 5. The summed E-state index contributed by atoms with van der Waals surface area (Å²) in [5.74, 6) is 0. The molecule has 0 atom stereocenters. The molecule has 0 unspecified atom stereocenters. The highest BCUT2D eigenvalue weighted by atomic mass is 32.1. The summed E-state index contributed by atoms with van der Waals surface area (Å²) < 4.78 is 5.11. The van der Waals surface area contributed by atoms with Crippen molar-refractivity contribution >= 4 is 53.3 Å². The van der Waals surface area contributed by atoms with E-state index in [1.807, 2.05) is 11.3 Å². The minimum absolute atomic E-state index is 0.141. The van der Waals surface area contributed by atoms with Crippen LogP contribution in [-0.2, 0) is 5.41 Å². The van der Waals surface area contributed by atoms with Crippen molar-refractivity contribution in [1.82, 2.24) is 4.57 Å². The van der Waals surface area contributed by atoms with Gasteiger partial charge in [-0.15, -0.1) is 11.3 Å². The lowest BCUT2D eigenvalue weighted by Crippen LogP contribution is -2.10. The van der Waals surface area contributed by atoms with Crippen molar-refractivity contribution in [2.75, 3.05) is 0 Å². The van der Waals surface area contributed by atoms with Crippen molar-refractivity contribution in [2.45, 2.75) is 26.2 Å². The first-order valence-corrected chi connectivity index (χ1v) is 13.4. The minimum Gasteiger partial charge on any atom is -0.309 e. The van der Waals surface area contributed by atoms with Crippen molar-refractivity contribution in [3.63, 3.8) is 0 Å². The fourth-order valence-electron chi connectivity index (χ4n) is 5.50. The highest BCUT2D eigenvalue weighted by Gasteiger charge is 2.17. The van der Waals surface area contributed by atoms with E-state index in [-0.39, 0.29) is 5.41 Å². The van der Waals surface area contributed by atoms with E-state index >= 15 is 0 Å². The monoisotopic (exact) mass is 481 g/mol. The number of aromatic nitrogens is 1. The van der Waals surface area contributed by atoms with Crippen LogP contribution >= 0.6 is 11.3 Å². The van der Waals surface area contributed by atoms with Gasteiger partial charge in [0, 0.05) is 36.6 Å². The Kier molecular flexibility index (Phi) is 4.64. The molecule has 0 aliphatic heterocycles. The summed E-state index contributed by atoms with van der Waals surface area (Å²) >= 11 is 1.89. The minimum atomic E-state index is 0.141. The summed E-state index contributed by atoms with van der Waals surface area (Å²) in [6.45, 7) is 6.79. The van der Waals surface area contributed by atoms with E-state index in [0.29, 0.717) is 0 Å². The average Bonchev–Trinajstić information content (AvgIpc) is 3.44. The number of rotatable bonds is 2. The predicted octanol–water partition coefficient (Wildman–Crippen LogP) is 10.1. The Hall–Kier alpha value is -3.88. The number of para-hydroxylation sites is 1. The molecule has 7 aromatic rings. The second-order valence-electron chi connectivity index (χ2n) is 10.7. The molecule has 0 fully saturated rings. The molecule has 1 nitrogen and oxygen atoms in total. The summed E-state index contributed by atoms with van der Waals surface area (Å²) in [6, 6.07) is 40.3. The normalized spacial score (nSPS) is 12.3. The number of hydrogen-bond acceptors (Lipinski definition) is 1. The maximum Gasteiger partial charge on any atom is 0.0541 e. The number of thiophene rings is 1. The van der Waals surface area contributed by atoms with Crippen molar-refractivity contribution in [3.8, 4) is 16.8 Å². The van der Waals surface area contributed by atoms with Crippen LogP contribution in [0.1, 0.15) is 26.3 Å². The molecule has 7 rings (SSSR count). The van der Waals surface area contributed by atoms with Crippen LogP contribution in [0.25, 0.3) is 58.8 Å². The molecule has 2 heteroatoms. The smallest absolute Gasteiger partial charge is 0.0541 e. The third kappa shape index (κ3) is 3.22. The first kappa shape index (κ1) is 21.4. The zero-order valence-corrected chi connectivity index (χ0v) is 21.6. The van der Waals surface area contributed by atoms with Gasteiger partial charge in [0.15, 0.2) is 0 Å². The molecule has 0 aliphatic carbocycles. The SMILES string of the molecule is CC(C)(C)c1ccc(-n2c3ccccc3c3cc(-c4cccc5c4sc4ccccc45)ccc32)cc1. The van der Waals surface area contributed by atoms with Gasteiger partial charge in [-0.1, -0.05) is 93.6 Å². The lowest BCUT2D eigenvalue weighted by Gasteiger charge is -2.19. The zero-order chi connectivity index (χ0) is 24.4. The van der Waals surface area contributed by atoms with E-state index in [9.17, 15) is 0 Å². The van der Waals surface area contributed by atoms with E-state index in [4.69, 9.17) is 0 Å². The molecule has 0 radical (unpaired) electrons. The van der Waals surface area contributed by atoms with Gasteiger partial charge in [0.25, 0.3) is 0 Å². The van der Waals surface area contributed by atoms with Crippen LogP contribution in [0.15, 0.2) is 109 Å². The Labute approximate surface area is 215 Å². The Morgan fingerprint density at radius 3 is 2.08 bits per heavy atom. The molecular formula is C34H27NS. The molecule has 0 saturated heterocycles. The molecule has 0 N–H and O–H groups in total. The first-order chi connectivity index (χ1) is 17.5. The molecule has 5 aromatic carbocycles. The molecule has 0 bridgehead atoms. The lowest BCUT2D eigenvalue weighted by atomic mass is 9.87. The molecule has 36 heavy (non-hydrogen) atoms. The Morgan fingerprint density at radius 1 is 0.583 bits per heavy atom. The summed E-state index contributed by atoms with van der Waals surface area (Å²) in [6.07, 6.45) is 0. The summed E-state index contributed by atoms with van der Waals surface area (Å²) in [7, 11) is 0. The molecule has 174 valence electrons. The van der Waals surface area contributed by atoms with Crippen LogP contribution in [0, 0.1) is 0 Å². The second-order valence-corrected chi connectivity index (χ2v) is 11.7. The average molecular weight is 482 g/mol. The van der Waals surface area contributed by atoms with Crippen LogP contribution < -0.4 is 0 Å². The van der Waals surface area contributed by atoms with Gasteiger partial charge in [-0.05, 0) is 58.5 Å². The fraction of sp³-hybridized carbons (Fsp3) is 0.118. The topological polar surface area (TPSA) is 4.93 Å². The maximum absolute atomic E-state index is 2.40. The van der Waals surface area contributed by atoms with E-state index in [0.717, 1.165) is 0 Å². The molecule has 2 aromatic heterocycles. The largest absolute Gasteiger partial charge is 0.309 e. The third-order valence-corrected chi connectivity index (χ3v) is 8.60. The van der Waals surface area contributed by atoms with E-state index in [2.05, 4.69) is 135 Å². The number of fused-ring (bicyclic) bond motifs is 6. The lowest BCUT2D eigenvalue weighted by molar-refractivity contribution is 0.590. The van der Waals surface area contributed by atoms with Crippen LogP contribution in [0.2, 0.25) is 0 Å². The quantitative estimate of drug-likeness (QED) is 0.231. The molecule has 0 saturated carbocycles. The predicted molar refractivity (Wildman–Crippen MR) is 158 cm³/mol. The van der Waals surface area contributed by atoms with Crippen molar-refractivity contribution in [2.24, 2.45) is 0 Å². The van der Waals surface area contributed by atoms with Crippen molar-refractivity contribution < 1.29 is 0 Å². The van der Waals surface area contributed by atoms with E-state index < -0.39 is 0 Å². The summed E-state index contributed by atoms with van der Waals surface area (Å²) in [4.78, 5) is 0. The standard InChI is InChI=1S/C34H27NS/c1-34(2,3)23-16-18-24(19-17-23)35-30-13-6-4-9-26(30)29-21-22(15-20-31(29)35)25-11-8-12-28-27-10-5-7-14-32(27)36-33(25)28/h4-21H,1-3H3. The summed E-state index contributed by atoms with van der Waals surface area (Å²) in [5, 5.41) is 5.27. The Morgan fingerprint density at radius 2 is 1.28 bits per heavy atom. The van der Waals surface area contributed by atoms with E-state index in [1.54, 1.807) is 0 Å². The van der Waals surface area contributed by atoms with Crippen molar-refractivity contribution in [3.05, 3.63) is 115 Å². The fourth-order valence-corrected chi connectivity index (χ4v) is 6.74. The number of hydrogen-bond donors (Lipinski definition) is 0. The van der Waals surface area contributed by atoms with Crippen LogP contribution in [0.4, 0.5) is 0 Å². The first-order valence-electron chi connectivity index (χ1n) is 12.5. The third-order valence-electron chi connectivity index (χ3n) is 7.38. The van der Waals surface area contributed by atoms with Gasteiger partial charge in [0.05, 0.1) is 11.0 Å². The number of nitrogens with zero attached hydrogens (tertiary/aromatic N) is 1. The molecule has 2 heterocycles. The van der Waals surface area contributed by atoms with Gasteiger partial charge in [-0.3, -0.25) is 0 Å². The molecular weight excluding hydrogens is 454 g/mol. The van der Waals surface area contributed by atoms with Gasteiger partial charge in [-0.2, -0.15) is 0 Å². The highest BCUT2D eigenvalue weighted by molar-refractivity contribution is 7.26. The summed E-state index contributed by atoms with van der Waals surface area (Å²) in [5.41, 5.74) is 7.76. The van der Waals surface area contributed by atoms with Crippen LogP contribution in [0.3, 0.4) is 0 Å². The van der Waals surface area contributed by atoms with Crippen LogP contribution in [-0.4, -0.2) is 4.57 Å². The van der Waals surface area contributed by atoms with Gasteiger partial charge in [-0.25, -0.2) is 0 Å². The Balaban J connectivity index is 1.46. The van der Waals surface area contributed by atoms with Crippen LogP contribution in [0.5, 0.6) is 0 Å². The van der Waals surface area contributed by atoms with Gasteiger partial charge >= 0.3 is 0 Å². The van der Waals surface area contributed by atoms with Gasteiger partial charge in [0.2, 0.25) is 0 Å². The second kappa shape index (κ2) is 7.81. The van der Waals surface area contributed by atoms with Crippen molar-refractivity contribution in [1.29, 1.82) is 0 Å². The molecule has 0 spiro atoms. The van der Waals surface area contributed by atoms with Gasteiger partial charge < -0.3 is 4.57 Å². The Bertz CT molecular complexity index is 1910. The van der Waals surface area contributed by atoms with E-state index in [1.165, 1.54) is 64.4 Å². The molecule has 0 aliphatic rings. The highest BCUT2D eigenvalue weighted by Crippen LogP contribution is 2.41.